The number of benzene rings is 3. The van der Waals surface area contributed by atoms with Crippen molar-refractivity contribution in [2.75, 3.05) is 11.1 Å². The van der Waals surface area contributed by atoms with Gasteiger partial charge in [0.1, 0.15) is 0 Å². The molecule has 0 saturated heterocycles. The zero-order valence-electron chi connectivity index (χ0n) is 20.7. The molecule has 0 fully saturated rings. The highest BCUT2D eigenvalue weighted by Crippen LogP contribution is 2.19. The molecule has 0 aliphatic rings. The van der Waals surface area contributed by atoms with E-state index in [0.29, 0.717) is 33.9 Å². The van der Waals surface area contributed by atoms with E-state index in [1.165, 1.54) is 21.9 Å². The van der Waals surface area contributed by atoms with Crippen LogP contribution in [0.2, 0.25) is 0 Å². The minimum Gasteiger partial charge on any atom is -0.325 e. The van der Waals surface area contributed by atoms with Crippen molar-refractivity contribution in [1.29, 1.82) is 0 Å². The number of allylic oxidation sites excluding steroid dienone is 2. The molecule has 1 N–H and O–H groups in total. The Morgan fingerprint density at radius 1 is 1.05 bits per heavy atom. The van der Waals surface area contributed by atoms with Gasteiger partial charge in [0.05, 0.1) is 16.7 Å². The molecule has 1 heterocycles. The summed E-state index contributed by atoms with van der Waals surface area (Å²) >= 11 is 1.18. The summed E-state index contributed by atoms with van der Waals surface area (Å²) in [6.45, 7) is 8.05. The van der Waals surface area contributed by atoms with E-state index in [1.54, 1.807) is 60.7 Å². The van der Waals surface area contributed by atoms with Crippen molar-refractivity contribution < 1.29 is 9.59 Å². The third-order valence-electron chi connectivity index (χ3n) is 5.74. The van der Waals surface area contributed by atoms with Crippen molar-refractivity contribution in [2.45, 2.75) is 25.5 Å². The van der Waals surface area contributed by atoms with E-state index < -0.39 is 0 Å². The molecule has 0 bridgehead atoms. The molecule has 0 unspecified atom stereocenters. The number of carbonyl (C=O) groups excluding carboxylic acids is 2. The fourth-order valence-corrected chi connectivity index (χ4v) is 4.71. The molecule has 1 amide bonds. The van der Waals surface area contributed by atoms with Crippen LogP contribution in [0.1, 0.15) is 27.0 Å². The van der Waals surface area contributed by atoms with Crippen LogP contribution < -0.4 is 10.9 Å². The van der Waals surface area contributed by atoms with Crippen LogP contribution in [-0.2, 0) is 11.3 Å². The molecule has 1 aromatic heterocycles. The molecule has 186 valence electrons. The summed E-state index contributed by atoms with van der Waals surface area (Å²) in [6, 6.07) is 20.0. The van der Waals surface area contributed by atoms with Crippen LogP contribution in [0.15, 0.2) is 95.4 Å². The average molecular weight is 510 g/mol. The Morgan fingerprint density at radius 3 is 2.65 bits per heavy atom. The predicted molar refractivity (Wildman–Crippen MR) is 151 cm³/mol. The van der Waals surface area contributed by atoms with Gasteiger partial charge in [-0.05, 0) is 55.3 Å². The molecule has 0 atom stereocenters. The zero-order valence-corrected chi connectivity index (χ0v) is 21.5. The third-order valence-corrected chi connectivity index (χ3v) is 6.72. The highest BCUT2D eigenvalue weighted by atomic mass is 32.2. The number of aryl methyl sites for hydroxylation is 2. The molecule has 4 aromatic rings. The Balaban J connectivity index is 1.44. The molecule has 3 aromatic carbocycles. The van der Waals surface area contributed by atoms with Crippen molar-refractivity contribution in [1.82, 2.24) is 9.55 Å². The number of rotatable bonds is 9. The lowest BCUT2D eigenvalue weighted by atomic mass is 10.0. The number of carbonyl (C=O) groups is 2. The average Bonchev–Trinajstić information content (AvgIpc) is 2.89. The molecule has 0 radical (unpaired) electrons. The lowest BCUT2D eigenvalue weighted by molar-refractivity contribution is -0.113. The molecular formula is C30H27N3O3S. The number of para-hydroxylation sites is 1. The first-order chi connectivity index (χ1) is 17.9. The van der Waals surface area contributed by atoms with Gasteiger partial charge in [0.25, 0.3) is 5.56 Å². The van der Waals surface area contributed by atoms with Crippen molar-refractivity contribution in [3.8, 4) is 0 Å². The number of thioether (sulfide) groups is 1. The van der Waals surface area contributed by atoms with Crippen molar-refractivity contribution >= 4 is 46.1 Å². The highest BCUT2D eigenvalue weighted by Gasteiger charge is 2.13. The van der Waals surface area contributed by atoms with Crippen molar-refractivity contribution in [3.05, 3.63) is 118 Å². The summed E-state index contributed by atoms with van der Waals surface area (Å²) in [6.07, 6.45) is 4.97. The summed E-state index contributed by atoms with van der Waals surface area (Å²) in [5.74, 6) is -0.376. The van der Waals surface area contributed by atoms with Crippen LogP contribution in [0.4, 0.5) is 5.69 Å². The van der Waals surface area contributed by atoms with Gasteiger partial charge in [-0.2, -0.15) is 0 Å². The summed E-state index contributed by atoms with van der Waals surface area (Å²) in [5, 5.41) is 3.79. The summed E-state index contributed by atoms with van der Waals surface area (Å²) in [4.78, 5) is 42.9. The Bertz CT molecular complexity index is 1590. The number of ketones is 1. The number of amides is 1. The highest BCUT2D eigenvalue weighted by molar-refractivity contribution is 7.99. The lowest BCUT2D eigenvalue weighted by Crippen LogP contribution is -2.23. The molecule has 0 aliphatic heterocycles. The number of nitrogens with one attached hydrogen (secondary N) is 1. The smallest absolute Gasteiger partial charge is 0.262 e. The van der Waals surface area contributed by atoms with Gasteiger partial charge in [-0.25, -0.2) is 4.98 Å². The van der Waals surface area contributed by atoms with Crippen molar-refractivity contribution in [2.24, 2.45) is 0 Å². The number of hydrogen-bond donors (Lipinski definition) is 1. The molecule has 6 nitrogen and oxygen atoms in total. The van der Waals surface area contributed by atoms with E-state index in [-0.39, 0.29) is 23.0 Å². The second-order valence-corrected chi connectivity index (χ2v) is 9.53. The molecule has 7 heteroatoms. The van der Waals surface area contributed by atoms with Gasteiger partial charge >= 0.3 is 0 Å². The topological polar surface area (TPSA) is 81.1 Å². The van der Waals surface area contributed by atoms with E-state index >= 15 is 0 Å². The van der Waals surface area contributed by atoms with Crippen molar-refractivity contribution in [3.63, 3.8) is 0 Å². The van der Waals surface area contributed by atoms with E-state index in [2.05, 4.69) is 22.9 Å². The number of fused-ring (bicyclic) bond motifs is 1. The number of hydrogen-bond acceptors (Lipinski definition) is 5. The van der Waals surface area contributed by atoms with Gasteiger partial charge in [-0.15, -0.1) is 6.58 Å². The largest absolute Gasteiger partial charge is 0.325 e. The van der Waals surface area contributed by atoms with E-state index in [1.807, 2.05) is 32.0 Å². The maximum atomic E-state index is 12.9. The molecule has 0 spiro atoms. The maximum absolute atomic E-state index is 12.9. The van der Waals surface area contributed by atoms with Gasteiger partial charge < -0.3 is 5.32 Å². The maximum Gasteiger partial charge on any atom is 0.262 e. The third kappa shape index (κ3) is 6.32. The Morgan fingerprint density at radius 2 is 1.86 bits per heavy atom. The predicted octanol–water partition coefficient (Wildman–Crippen LogP) is 5.83. The summed E-state index contributed by atoms with van der Waals surface area (Å²) in [5.41, 5.74) is 4.65. The van der Waals surface area contributed by atoms with Gasteiger partial charge in [-0.3, -0.25) is 19.0 Å². The standard InChI is InChI=1S/C30H27N3O3S/c1-4-16-33-29(36)25-10-5-6-11-26(25)32-30(33)37-19-28(35)31-24-9-7-8-23(18-24)27(34)15-14-22-13-12-20(2)17-21(22)3/h4-15,17-18H,1,16,19H2,2-3H3,(H,31,35)/b15-14+. The fraction of sp³-hybridized carbons (Fsp3) is 0.133. The van der Waals surface area contributed by atoms with Crippen LogP contribution in [-0.4, -0.2) is 27.0 Å². The second-order valence-electron chi connectivity index (χ2n) is 8.59. The molecule has 4 rings (SSSR count). The molecule has 0 saturated carbocycles. The number of aromatic nitrogens is 2. The summed E-state index contributed by atoms with van der Waals surface area (Å²) in [7, 11) is 0. The van der Waals surface area contributed by atoms with Gasteiger partial charge in [0, 0.05) is 17.8 Å². The van der Waals surface area contributed by atoms with Crippen LogP contribution in [0.25, 0.3) is 17.0 Å². The number of anilines is 1. The summed E-state index contributed by atoms with van der Waals surface area (Å²) < 4.78 is 1.51. The van der Waals surface area contributed by atoms with E-state index in [9.17, 15) is 14.4 Å². The van der Waals surface area contributed by atoms with Crippen LogP contribution >= 0.6 is 11.8 Å². The first-order valence-corrected chi connectivity index (χ1v) is 12.8. The lowest BCUT2D eigenvalue weighted by Gasteiger charge is -2.11. The van der Waals surface area contributed by atoms with Gasteiger partial charge in [0.2, 0.25) is 5.91 Å². The fourth-order valence-electron chi connectivity index (χ4n) is 3.90. The second kappa shape index (κ2) is 11.7. The number of nitrogens with zero attached hydrogens (tertiary/aromatic N) is 2. The molecular weight excluding hydrogens is 482 g/mol. The van der Waals surface area contributed by atoms with Crippen LogP contribution in [0.5, 0.6) is 0 Å². The van der Waals surface area contributed by atoms with E-state index in [4.69, 9.17) is 0 Å². The monoisotopic (exact) mass is 509 g/mol. The SMILES string of the molecule is C=CCn1c(SCC(=O)Nc2cccc(C(=O)/C=C/c3ccc(C)cc3C)c2)nc2ccccc2c1=O. The first kappa shape index (κ1) is 25.9. The van der Waals surface area contributed by atoms with E-state index in [0.717, 1.165) is 11.1 Å². The van der Waals surface area contributed by atoms with Crippen LogP contribution in [0.3, 0.4) is 0 Å². The quantitative estimate of drug-likeness (QED) is 0.101. The Labute approximate surface area is 219 Å². The van der Waals surface area contributed by atoms with Gasteiger partial charge in [-0.1, -0.05) is 71.9 Å². The normalized spacial score (nSPS) is 11.1. The first-order valence-electron chi connectivity index (χ1n) is 11.8. The minimum atomic E-state index is -0.270. The molecule has 37 heavy (non-hydrogen) atoms. The van der Waals surface area contributed by atoms with Gasteiger partial charge in [0.15, 0.2) is 10.9 Å². The minimum absolute atomic E-state index is 0.0483. The van der Waals surface area contributed by atoms with Crippen LogP contribution in [0, 0.1) is 13.8 Å². The molecule has 0 aliphatic carbocycles. The zero-order chi connectivity index (χ0) is 26.4. The Kier molecular flexibility index (Phi) is 8.15. The Hall–Kier alpha value is -4.23.